The summed E-state index contributed by atoms with van der Waals surface area (Å²) in [5, 5.41) is 9.20. The minimum absolute atomic E-state index is 0.0109. The Morgan fingerprint density at radius 3 is 2.81 bits per heavy atom. The second-order valence-electron chi connectivity index (χ2n) is 5.09. The first kappa shape index (κ1) is 15.6. The monoisotopic (exact) mass is 303 g/mol. The van der Waals surface area contributed by atoms with Crippen LogP contribution < -0.4 is 10.6 Å². The topological polar surface area (TPSA) is 79.5 Å². The van der Waals surface area contributed by atoms with E-state index in [1.165, 1.54) is 0 Å². The largest absolute Gasteiger partial charge is 0.417 e. The quantitative estimate of drug-likeness (QED) is 0.885. The van der Waals surface area contributed by atoms with E-state index in [1.54, 1.807) is 4.90 Å². The van der Waals surface area contributed by atoms with Crippen molar-refractivity contribution in [3.8, 4) is 0 Å². The van der Waals surface area contributed by atoms with Crippen LogP contribution in [0.3, 0.4) is 0 Å². The Bertz CT molecular complexity index is 534. The van der Waals surface area contributed by atoms with Crippen LogP contribution in [0.25, 0.3) is 0 Å². The molecule has 116 valence electrons. The predicted octanol–water partition coefficient (Wildman–Crippen LogP) is 1.41. The fraction of sp³-hybridized carbons (Fsp3) is 0.538. The highest BCUT2D eigenvalue weighted by atomic mass is 19.4. The molecule has 0 aliphatic carbocycles. The summed E-state index contributed by atoms with van der Waals surface area (Å²) in [5.74, 6) is -0.785. The van der Waals surface area contributed by atoms with Crippen molar-refractivity contribution in [3.05, 3.63) is 23.4 Å². The van der Waals surface area contributed by atoms with Gasteiger partial charge in [0.15, 0.2) is 0 Å². The molecular weight excluding hydrogens is 287 g/mol. The summed E-state index contributed by atoms with van der Waals surface area (Å²) >= 11 is 0. The average Bonchev–Trinajstić information content (AvgIpc) is 2.45. The maximum atomic E-state index is 12.7. The lowest BCUT2D eigenvalue weighted by Gasteiger charge is -2.33. The standard InChI is InChI=1S/C13H16F3N3O2/c14-13(15,16)9-4-10(11(17)21)12(18-5-9)19-3-1-2-8(6-19)7-20/h4-5,8,20H,1-3,6-7H2,(H2,17,21). The molecule has 8 heteroatoms. The van der Waals surface area contributed by atoms with Gasteiger partial charge in [-0.3, -0.25) is 4.79 Å². The zero-order chi connectivity index (χ0) is 15.6. The van der Waals surface area contributed by atoms with Gasteiger partial charge >= 0.3 is 6.18 Å². The van der Waals surface area contributed by atoms with Gasteiger partial charge in [0.05, 0.1) is 11.1 Å². The number of primary amides is 1. The van der Waals surface area contributed by atoms with Crippen LogP contribution in [-0.4, -0.2) is 35.7 Å². The van der Waals surface area contributed by atoms with Crippen molar-refractivity contribution in [2.45, 2.75) is 19.0 Å². The van der Waals surface area contributed by atoms with Crippen molar-refractivity contribution < 1.29 is 23.1 Å². The second kappa shape index (κ2) is 5.88. The number of hydrogen-bond acceptors (Lipinski definition) is 4. The third-order valence-corrected chi connectivity index (χ3v) is 3.54. The first-order chi connectivity index (χ1) is 9.82. The van der Waals surface area contributed by atoms with Gasteiger partial charge in [-0.05, 0) is 24.8 Å². The summed E-state index contributed by atoms with van der Waals surface area (Å²) in [4.78, 5) is 16.9. The Kier molecular flexibility index (Phi) is 4.36. The summed E-state index contributed by atoms with van der Waals surface area (Å²) in [6.07, 6.45) is -2.28. The van der Waals surface area contributed by atoms with Crippen LogP contribution >= 0.6 is 0 Å². The normalized spacial score (nSPS) is 19.6. The summed E-state index contributed by atoms with van der Waals surface area (Å²) in [6, 6.07) is 0.729. The molecule has 5 nitrogen and oxygen atoms in total. The molecule has 1 unspecified atom stereocenters. The van der Waals surface area contributed by atoms with Crippen molar-refractivity contribution >= 4 is 11.7 Å². The van der Waals surface area contributed by atoms with Crippen LogP contribution in [-0.2, 0) is 6.18 Å². The first-order valence-electron chi connectivity index (χ1n) is 6.55. The number of pyridine rings is 1. The molecule has 0 spiro atoms. The lowest BCUT2D eigenvalue weighted by atomic mass is 9.98. The lowest BCUT2D eigenvalue weighted by Crippen LogP contribution is -2.38. The van der Waals surface area contributed by atoms with Gasteiger partial charge in [0.25, 0.3) is 5.91 Å². The smallest absolute Gasteiger partial charge is 0.396 e. The predicted molar refractivity (Wildman–Crippen MR) is 69.8 cm³/mol. The highest BCUT2D eigenvalue weighted by molar-refractivity contribution is 5.98. The van der Waals surface area contributed by atoms with Gasteiger partial charge in [0, 0.05) is 25.9 Å². The number of aliphatic hydroxyl groups is 1. The van der Waals surface area contributed by atoms with E-state index in [9.17, 15) is 23.1 Å². The third-order valence-electron chi connectivity index (χ3n) is 3.54. The zero-order valence-electron chi connectivity index (χ0n) is 11.2. The van der Waals surface area contributed by atoms with Gasteiger partial charge in [-0.25, -0.2) is 4.98 Å². The van der Waals surface area contributed by atoms with Crippen LogP contribution in [0.4, 0.5) is 19.0 Å². The molecule has 1 amide bonds. The highest BCUT2D eigenvalue weighted by Crippen LogP contribution is 2.32. The van der Waals surface area contributed by atoms with Crippen molar-refractivity contribution in [2.24, 2.45) is 11.7 Å². The van der Waals surface area contributed by atoms with E-state index in [0.29, 0.717) is 19.3 Å². The number of aliphatic hydroxyl groups excluding tert-OH is 1. The average molecular weight is 303 g/mol. The fourth-order valence-electron chi connectivity index (χ4n) is 2.45. The Labute approximate surface area is 119 Å². The number of hydrogen-bond donors (Lipinski definition) is 2. The molecule has 3 N–H and O–H groups in total. The number of piperidine rings is 1. The number of nitrogens with zero attached hydrogens (tertiary/aromatic N) is 2. The lowest BCUT2D eigenvalue weighted by molar-refractivity contribution is -0.137. The molecule has 0 aromatic carbocycles. The van der Waals surface area contributed by atoms with E-state index < -0.39 is 17.6 Å². The van der Waals surface area contributed by atoms with E-state index in [-0.39, 0.29) is 23.9 Å². The maximum Gasteiger partial charge on any atom is 0.417 e. The minimum atomic E-state index is -4.58. The minimum Gasteiger partial charge on any atom is -0.396 e. The van der Waals surface area contributed by atoms with Crippen LogP contribution in [0, 0.1) is 5.92 Å². The summed E-state index contributed by atoms with van der Waals surface area (Å²) in [6.45, 7) is 0.993. The summed E-state index contributed by atoms with van der Waals surface area (Å²) in [5.41, 5.74) is 3.93. The van der Waals surface area contributed by atoms with Crippen LogP contribution in [0.15, 0.2) is 12.3 Å². The van der Waals surface area contributed by atoms with Crippen LogP contribution in [0.2, 0.25) is 0 Å². The van der Waals surface area contributed by atoms with Crippen molar-refractivity contribution in [1.29, 1.82) is 0 Å². The second-order valence-corrected chi connectivity index (χ2v) is 5.09. The Hall–Kier alpha value is -1.83. The molecule has 1 atom stereocenters. The van der Waals surface area contributed by atoms with E-state index >= 15 is 0 Å². The Balaban J connectivity index is 2.37. The summed E-state index contributed by atoms with van der Waals surface area (Å²) in [7, 11) is 0. The van der Waals surface area contributed by atoms with Gasteiger partial charge in [0.1, 0.15) is 5.82 Å². The zero-order valence-corrected chi connectivity index (χ0v) is 11.2. The molecule has 1 fully saturated rings. The molecule has 2 rings (SSSR count). The SMILES string of the molecule is NC(=O)c1cc(C(F)(F)F)cnc1N1CCCC(CO)C1. The number of rotatable bonds is 3. The fourth-order valence-corrected chi connectivity index (χ4v) is 2.45. The number of aromatic nitrogens is 1. The third kappa shape index (κ3) is 3.44. The molecular formula is C13H16F3N3O2. The number of carbonyl (C=O) groups is 1. The molecule has 0 radical (unpaired) electrons. The number of alkyl halides is 3. The Morgan fingerprint density at radius 1 is 1.52 bits per heavy atom. The van der Waals surface area contributed by atoms with Crippen molar-refractivity contribution in [2.75, 3.05) is 24.6 Å². The van der Waals surface area contributed by atoms with E-state index in [4.69, 9.17) is 5.73 Å². The molecule has 21 heavy (non-hydrogen) atoms. The van der Waals surface area contributed by atoms with E-state index in [2.05, 4.69) is 4.98 Å². The van der Waals surface area contributed by atoms with Gasteiger partial charge in [-0.1, -0.05) is 0 Å². The molecule has 1 aromatic heterocycles. The van der Waals surface area contributed by atoms with Crippen LogP contribution in [0.5, 0.6) is 0 Å². The van der Waals surface area contributed by atoms with Crippen molar-refractivity contribution in [1.82, 2.24) is 4.98 Å². The van der Waals surface area contributed by atoms with E-state index in [0.717, 1.165) is 18.9 Å². The van der Waals surface area contributed by atoms with Gasteiger partial charge in [-0.2, -0.15) is 13.2 Å². The molecule has 1 aliphatic heterocycles. The van der Waals surface area contributed by atoms with E-state index in [1.807, 2.05) is 0 Å². The molecule has 1 aliphatic rings. The molecule has 2 heterocycles. The number of amides is 1. The van der Waals surface area contributed by atoms with Crippen LogP contribution in [0.1, 0.15) is 28.8 Å². The van der Waals surface area contributed by atoms with Gasteiger partial charge in [-0.15, -0.1) is 0 Å². The number of halogens is 3. The first-order valence-corrected chi connectivity index (χ1v) is 6.55. The van der Waals surface area contributed by atoms with Crippen molar-refractivity contribution in [3.63, 3.8) is 0 Å². The number of nitrogens with two attached hydrogens (primary N) is 1. The molecule has 1 saturated heterocycles. The van der Waals surface area contributed by atoms with Gasteiger partial charge in [0.2, 0.25) is 0 Å². The molecule has 0 saturated carbocycles. The molecule has 1 aromatic rings. The number of anilines is 1. The Morgan fingerprint density at radius 2 is 2.24 bits per heavy atom. The summed E-state index contributed by atoms with van der Waals surface area (Å²) < 4.78 is 38.0. The van der Waals surface area contributed by atoms with Gasteiger partial charge < -0.3 is 15.7 Å². The number of carbonyl (C=O) groups excluding carboxylic acids is 1. The highest BCUT2D eigenvalue weighted by Gasteiger charge is 2.33. The molecule has 0 bridgehead atoms. The maximum absolute atomic E-state index is 12.7.